The van der Waals surface area contributed by atoms with E-state index < -0.39 is 23.3 Å². The lowest BCUT2D eigenvalue weighted by atomic mass is 9.39. The molecular formula is C12H18BNO4. The Kier molecular flexibility index (Phi) is 4.91. The molecule has 1 N–H and O–H groups in total. The first kappa shape index (κ1) is 14.7. The zero-order valence-corrected chi connectivity index (χ0v) is 10.8. The predicted octanol–water partition coefficient (Wildman–Crippen LogP) is 0.837. The number of rotatable bonds is 4. The van der Waals surface area contributed by atoms with Crippen LogP contribution in [0.1, 0.15) is 26.7 Å². The van der Waals surface area contributed by atoms with Gasteiger partial charge in [-0.1, -0.05) is 12.6 Å². The largest absolute Gasteiger partial charge is 0.465 e. The zero-order valence-electron chi connectivity index (χ0n) is 10.8. The fourth-order valence-electron chi connectivity index (χ4n) is 2.46. The molecule has 1 rings (SSSR count). The molecule has 0 aromatic carbocycles. The molecule has 1 aliphatic heterocycles. The van der Waals surface area contributed by atoms with Crippen LogP contribution in [0.15, 0.2) is 0 Å². The van der Waals surface area contributed by atoms with Crippen molar-refractivity contribution in [2.24, 2.45) is 5.41 Å². The first-order valence-electron chi connectivity index (χ1n) is 6.27. The van der Waals surface area contributed by atoms with Crippen molar-refractivity contribution < 1.29 is 19.4 Å². The topological polar surface area (TPSA) is 87.4 Å². The van der Waals surface area contributed by atoms with Gasteiger partial charge in [0.1, 0.15) is 11.5 Å². The van der Waals surface area contributed by atoms with E-state index in [4.69, 9.17) is 10.00 Å². The summed E-state index contributed by atoms with van der Waals surface area (Å²) in [7, 11) is 0. The number of nitriles is 1. The minimum Gasteiger partial charge on any atom is -0.465 e. The van der Waals surface area contributed by atoms with Crippen LogP contribution >= 0.6 is 0 Å². The van der Waals surface area contributed by atoms with E-state index in [1.54, 1.807) is 6.92 Å². The third kappa shape index (κ3) is 2.73. The van der Waals surface area contributed by atoms with Crippen LogP contribution in [-0.2, 0) is 14.3 Å². The molecule has 1 saturated heterocycles. The molecule has 0 radical (unpaired) electrons. The summed E-state index contributed by atoms with van der Waals surface area (Å²) in [6.45, 7) is 3.13. The van der Waals surface area contributed by atoms with Crippen molar-refractivity contribution in [1.29, 1.82) is 5.26 Å². The lowest BCUT2D eigenvalue weighted by Crippen LogP contribution is -2.48. The second kappa shape index (κ2) is 6.01. The van der Waals surface area contributed by atoms with Gasteiger partial charge in [0.2, 0.25) is 0 Å². The van der Waals surface area contributed by atoms with E-state index in [1.807, 2.05) is 0 Å². The van der Waals surface area contributed by atoms with Gasteiger partial charge in [0, 0.05) is 5.97 Å². The third-order valence-corrected chi connectivity index (χ3v) is 3.54. The van der Waals surface area contributed by atoms with Gasteiger partial charge in [0.05, 0.1) is 6.61 Å². The highest BCUT2D eigenvalue weighted by Crippen LogP contribution is 2.39. The molecule has 0 bridgehead atoms. The number of carbonyl (C=O) groups is 2. The van der Waals surface area contributed by atoms with E-state index in [2.05, 4.69) is 5.97 Å². The Hall–Kier alpha value is -1.35. The number of aliphatic hydroxyl groups excluding tert-OH is 1. The highest BCUT2D eigenvalue weighted by Gasteiger charge is 2.50. The molecule has 1 atom stereocenters. The van der Waals surface area contributed by atoms with Crippen molar-refractivity contribution >= 4 is 18.5 Å². The van der Waals surface area contributed by atoms with E-state index in [-0.39, 0.29) is 26.2 Å². The van der Waals surface area contributed by atoms with E-state index in [1.165, 1.54) is 6.92 Å². The number of ketones is 1. The molecule has 0 spiro atoms. The number of carbonyl (C=O) groups excluding carboxylic acids is 2. The number of aliphatic hydroxyl groups is 1. The number of hydrogen-bond acceptors (Lipinski definition) is 5. The van der Waals surface area contributed by atoms with Gasteiger partial charge in [-0.25, -0.2) is 5.26 Å². The van der Waals surface area contributed by atoms with Crippen LogP contribution < -0.4 is 0 Å². The second-order valence-electron chi connectivity index (χ2n) is 4.75. The highest BCUT2D eigenvalue weighted by atomic mass is 16.5. The molecule has 0 aromatic heterocycles. The van der Waals surface area contributed by atoms with E-state index in [0.29, 0.717) is 12.6 Å². The average Bonchev–Trinajstić information content (AvgIpc) is 2.38. The monoisotopic (exact) mass is 251 g/mol. The Morgan fingerprint density at radius 1 is 1.50 bits per heavy atom. The Balaban J connectivity index is 2.94. The van der Waals surface area contributed by atoms with Gasteiger partial charge < -0.3 is 9.84 Å². The minimum absolute atomic E-state index is 0.116. The Labute approximate surface area is 107 Å². The van der Waals surface area contributed by atoms with E-state index >= 15 is 0 Å². The number of ether oxygens (including phenoxy) is 1. The summed E-state index contributed by atoms with van der Waals surface area (Å²) < 4.78 is 4.97. The molecule has 1 fully saturated rings. The fourth-order valence-corrected chi connectivity index (χ4v) is 2.46. The Bertz CT molecular complexity index is 367. The van der Waals surface area contributed by atoms with Gasteiger partial charge >= 0.3 is 5.97 Å². The molecule has 5 nitrogen and oxygen atoms in total. The highest BCUT2D eigenvalue weighted by molar-refractivity contribution is 6.67. The van der Waals surface area contributed by atoms with Gasteiger partial charge in [0.25, 0.3) is 6.71 Å². The van der Waals surface area contributed by atoms with Gasteiger partial charge in [-0.2, -0.15) is 0 Å². The predicted molar refractivity (Wildman–Crippen MR) is 66.0 cm³/mol. The maximum absolute atomic E-state index is 12.1. The van der Waals surface area contributed by atoms with Crippen molar-refractivity contribution in [2.45, 2.75) is 45.4 Å². The molecule has 1 unspecified atom stereocenters. The number of nitrogens with zero attached hydrogens (tertiary/aromatic N) is 1. The molecule has 0 amide bonds. The summed E-state index contributed by atoms with van der Waals surface area (Å²) in [6, 6.07) is 0. The van der Waals surface area contributed by atoms with Gasteiger partial charge in [-0.05, 0) is 26.7 Å². The van der Waals surface area contributed by atoms with E-state index in [0.717, 1.165) is 0 Å². The van der Waals surface area contributed by atoms with Crippen molar-refractivity contribution in [1.82, 2.24) is 0 Å². The maximum atomic E-state index is 12.1. The number of Topliss-reactive ketones (excluding diaryl/α,β-unsaturated/α-hetero) is 1. The van der Waals surface area contributed by atoms with Crippen LogP contribution in [-0.4, -0.2) is 36.3 Å². The molecule has 98 valence electrons. The van der Waals surface area contributed by atoms with E-state index in [9.17, 15) is 14.7 Å². The van der Waals surface area contributed by atoms with Crippen LogP contribution in [0.3, 0.4) is 0 Å². The van der Waals surface area contributed by atoms with Crippen LogP contribution in [0.25, 0.3) is 0 Å². The summed E-state index contributed by atoms with van der Waals surface area (Å²) in [5.41, 5.74) is -1.25. The summed E-state index contributed by atoms with van der Waals surface area (Å²) in [5, 5.41) is 18.3. The molecule has 1 heterocycles. The lowest BCUT2D eigenvalue weighted by molar-refractivity contribution is -0.163. The van der Waals surface area contributed by atoms with Gasteiger partial charge in [-0.3, -0.25) is 9.59 Å². The van der Waals surface area contributed by atoms with Crippen molar-refractivity contribution in [2.75, 3.05) is 6.61 Å². The summed E-state index contributed by atoms with van der Waals surface area (Å²) >= 11 is 0. The van der Waals surface area contributed by atoms with Crippen LogP contribution in [0, 0.1) is 16.6 Å². The maximum Gasteiger partial charge on any atom is 0.319 e. The standard InChI is InChI=1S/C12H18BNO4/c1-3-18-11(17)12(10(16)9(2)15)4-6-13(8-14)7-5-12/h9,15H,3-7H2,1-2H3. The van der Waals surface area contributed by atoms with Crippen molar-refractivity contribution in [3.8, 4) is 5.97 Å². The lowest BCUT2D eigenvalue weighted by Gasteiger charge is -2.34. The second-order valence-corrected chi connectivity index (χ2v) is 4.75. The molecule has 18 heavy (non-hydrogen) atoms. The summed E-state index contributed by atoms with van der Waals surface area (Å²) in [4.78, 5) is 24.1. The average molecular weight is 251 g/mol. The third-order valence-electron chi connectivity index (χ3n) is 3.54. The quantitative estimate of drug-likeness (QED) is 0.454. The molecule has 6 heteroatoms. The van der Waals surface area contributed by atoms with Crippen molar-refractivity contribution in [3.05, 3.63) is 0 Å². The molecular weight excluding hydrogens is 233 g/mol. The molecule has 0 saturated carbocycles. The SMILES string of the molecule is CCOC(=O)C1(C(=O)C(C)O)CCB(C#N)CC1. The van der Waals surface area contributed by atoms with Gasteiger partial charge in [0.15, 0.2) is 5.78 Å². The number of esters is 1. The number of hydrogen-bond donors (Lipinski definition) is 1. The smallest absolute Gasteiger partial charge is 0.319 e. The molecule has 1 aliphatic rings. The van der Waals surface area contributed by atoms with Gasteiger partial charge in [-0.15, -0.1) is 0 Å². The Morgan fingerprint density at radius 3 is 2.44 bits per heavy atom. The first-order valence-corrected chi connectivity index (χ1v) is 6.27. The molecule has 0 aliphatic carbocycles. The minimum atomic E-state index is -1.25. The van der Waals surface area contributed by atoms with Crippen LogP contribution in [0.5, 0.6) is 0 Å². The summed E-state index contributed by atoms with van der Waals surface area (Å²) in [6.07, 6.45) is 0.372. The zero-order chi connectivity index (χ0) is 13.8. The van der Waals surface area contributed by atoms with Crippen LogP contribution in [0.4, 0.5) is 0 Å². The van der Waals surface area contributed by atoms with Crippen molar-refractivity contribution in [3.63, 3.8) is 0 Å². The Morgan fingerprint density at radius 2 is 2.06 bits per heavy atom. The fraction of sp³-hybridized carbons (Fsp3) is 0.750. The normalized spacial score (nSPS) is 19.8. The van der Waals surface area contributed by atoms with Crippen LogP contribution in [0.2, 0.25) is 12.6 Å². The summed E-state index contributed by atoms with van der Waals surface area (Å²) in [5.74, 6) is 1.10. The molecule has 0 aromatic rings. The first-order chi connectivity index (χ1) is 8.47.